The first kappa shape index (κ1) is 15.9. The van der Waals surface area contributed by atoms with Crippen molar-refractivity contribution in [1.82, 2.24) is 15.5 Å². The fourth-order valence-electron chi connectivity index (χ4n) is 1.80. The quantitative estimate of drug-likeness (QED) is 0.745. The summed E-state index contributed by atoms with van der Waals surface area (Å²) in [5.74, 6) is -0.543. The average Bonchev–Trinajstić information content (AvgIpc) is 2.85. The smallest absolute Gasteiger partial charge is 0.279 e. The van der Waals surface area contributed by atoms with Gasteiger partial charge in [0, 0.05) is 12.1 Å². The first-order valence-corrected chi connectivity index (χ1v) is 8.28. The van der Waals surface area contributed by atoms with Gasteiger partial charge in [-0.15, -0.1) is 0 Å². The summed E-state index contributed by atoms with van der Waals surface area (Å²) in [4.78, 5) is 0. The third-order valence-electron chi connectivity index (χ3n) is 2.83. The molecule has 0 radical (unpaired) electrons. The molecule has 0 atom stereocenters. The number of rotatable bonds is 5. The maximum Gasteiger partial charge on any atom is 0.279 e. The fourth-order valence-corrected chi connectivity index (χ4v) is 3.51. The molecule has 0 aliphatic carbocycles. The van der Waals surface area contributed by atoms with E-state index in [1.807, 2.05) is 0 Å². The number of halogens is 2. The molecule has 0 aliphatic rings. The Hall–Kier alpha value is -1.45. The SMILES string of the molecule is CNCc1cn[nH]c1S(=O)(=O)Nc1cc(F)c(Br)cc1C. The number of benzene rings is 1. The number of H-pyrrole nitrogens is 1. The summed E-state index contributed by atoms with van der Waals surface area (Å²) in [7, 11) is -2.17. The van der Waals surface area contributed by atoms with Gasteiger partial charge in [0.1, 0.15) is 5.82 Å². The van der Waals surface area contributed by atoms with Crippen LogP contribution < -0.4 is 10.0 Å². The molecule has 1 heterocycles. The second-order valence-corrected chi connectivity index (χ2v) is 6.92. The molecule has 114 valence electrons. The van der Waals surface area contributed by atoms with Crippen molar-refractivity contribution in [3.8, 4) is 0 Å². The minimum atomic E-state index is -3.86. The Kier molecular flexibility index (Phi) is 4.64. The van der Waals surface area contributed by atoms with Crippen LogP contribution in [0.3, 0.4) is 0 Å². The standard InChI is InChI=1S/C12H14BrFN4O2S/c1-7-3-9(13)10(14)4-11(7)18-21(19,20)12-8(5-15-2)6-16-17-12/h3-4,6,15,18H,5H2,1-2H3,(H,16,17). The number of sulfonamides is 1. The van der Waals surface area contributed by atoms with Crippen LogP contribution in [0, 0.1) is 12.7 Å². The number of aromatic nitrogens is 2. The summed E-state index contributed by atoms with van der Waals surface area (Å²) in [6.45, 7) is 2.03. The molecular weight excluding hydrogens is 363 g/mol. The molecule has 0 unspecified atom stereocenters. The summed E-state index contributed by atoms with van der Waals surface area (Å²) in [5.41, 5.74) is 1.28. The molecule has 21 heavy (non-hydrogen) atoms. The Labute approximate surface area is 130 Å². The predicted octanol–water partition coefficient (Wildman–Crippen LogP) is 2.14. The zero-order valence-electron chi connectivity index (χ0n) is 11.4. The molecule has 0 bridgehead atoms. The molecule has 1 aromatic heterocycles. The largest absolute Gasteiger partial charge is 0.316 e. The Balaban J connectivity index is 2.38. The van der Waals surface area contributed by atoms with Crippen molar-refractivity contribution in [2.24, 2.45) is 0 Å². The lowest BCUT2D eigenvalue weighted by molar-refractivity contribution is 0.594. The second-order valence-electron chi connectivity index (χ2n) is 4.44. The van der Waals surface area contributed by atoms with E-state index in [9.17, 15) is 12.8 Å². The highest BCUT2D eigenvalue weighted by atomic mass is 79.9. The van der Waals surface area contributed by atoms with Crippen LogP contribution in [0.25, 0.3) is 0 Å². The van der Waals surface area contributed by atoms with Crippen molar-refractivity contribution < 1.29 is 12.8 Å². The Bertz CT molecular complexity index is 761. The average molecular weight is 377 g/mol. The number of hydrogen-bond donors (Lipinski definition) is 3. The van der Waals surface area contributed by atoms with Crippen molar-refractivity contribution in [2.75, 3.05) is 11.8 Å². The third kappa shape index (κ3) is 3.42. The zero-order valence-corrected chi connectivity index (χ0v) is 13.8. The van der Waals surface area contributed by atoms with Crippen LogP contribution in [0.15, 0.2) is 27.8 Å². The Morgan fingerprint density at radius 3 is 2.81 bits per heavy atom. The van der Waals surface area contributed by atoms with E-state index in [2.05, 4.69) is 36.2 Å². The van der Waals surface area contributed by atoms with Crippen LogP contribution in [-0.4, -0.2) is 25.7 Å². The van der Waals surface area contributed by atoms with Crippen LogP contribution in [0.1, 0.15) is 11.1 Å². The lowest BCUT2D eigenvalue weighted by Crippen LogP contribution is -2.17. The Morgan fingerprint density at radius 1 is 1.43 bits per heavy atom. The summed E-state index contributed by atoms with van der Waals surface area (Å²) in [6, 6.07) is 2.64. The maximum absolute atomic E-state index is 13.6. The highest BCUT2D eigenvalue weighted by Crippen LogP contribution is 2.26. The van der Waals surface area contributed by atoms with Gasteiger partial charge in [-0.3, -0.25) is 9.82 Å². The molecule has 0 saturated carbocycles. The van der Waals surface area contributed by atoms with Crippen LogP contribution in [0.2, 0.25) is 0 Å². The molecule has 0 aliphatic heterocycles. The van der Waals surface area contributed by atoms with E-state index < -0.39 is 15.8 Å². The normalized spacial score (nSPS) is 11.6. The van der Waals surface area contributed by atoms with Crippen molar-refractivity contribution in [1.29, 1.82) is 0 Å². The molecule has 0 saturated heterocycles. The van der Waals surface area contributed by atoms with E-state index in [4.69, 9.17) is 0 Å². The van der Waals surface area contributed by atoms with Crippen LogP contribution in [0.5, 0.6) is 0 Å². The lowest BCUT2D eigenvalue weighted by Gasteiger charge is -2.11. The number of nitrogens with one attached hydrogen (secondary N) is 3. The number of aromatic amines is 1. The summed E-state index contributed by atoms with van der Waals surface area (Å²) < 4.78 is 40.9. The van der Waals surface area contributed by atoms with Gasteiger partial charge in [0.15, 0.2) is 5.03 Å². The van der Waals surface area contributed by atoms with Gasteiger partial charge in [-0.2, -0.15) is 13.5 Å². The van der Waals surface area contributed by atoms with E-state index in [0.29, 0.717) is 17.7 Å². The first-order valence-electron chi connectivity index (χ1n) is 6.00. The van der Waals surface area contributed by atoms with E-state index in [1.165, 1.54) is 12.3 Å². The number of hydrogen-bond acceptors (Lipinski definition) is 4. The molecule has 0 amide bonds. The number of aryl methyl sites for hydroxylation is 1. The summed E-state index contributed by atoms with van der Waals surface area (Å²) in [5, 5.41) is 9.00. The van der Waals surface area contributed by atoms with Gasteiger partial charge in [-0.1, -0.05) is 0 Å². The maximum atomic E-state index is 13.6. The van der Waals surface area contributed by atoms with Crippen molar-refractivity contribution in [2.45, 2.75) is 18.5 Å². The van der Waals surface area contributed by atoms with Gasteiger partial charge < -0.3 is 5.32 Å². The van der Waals surface area contributed by atoms with Gasteiger partial charge in [-0.05, 0) is 47.6 Å². The van der Waals surface area contributed by atoms with Gasteiger partial charge in [0.05, 0.1) is 16.4 Å². The van der Waals surface area contributed by atoms with E-state index in [0.717, 1.165) is 6.07 Å². The van der Waals surface area contributed by atoms with Crippen LogP contribution in [0.4, 0.5) is 10.1 Å². The predicted molar refractivity (Wildman–Crippen MR) is 81.0 cm³/mol. The summed E-state index contributed by atoms with van der Waals surface area (Å²) in [6.07, 6.45) is 1.43. The van der Waals surface area contributed by atoms with Crippen molar-refractivity contribution >= 4 is 31.6 Å². The van der Waals surface area contributed by atoms with Gasteiger partial charge in [0.25, 0.3) is 10.0 Å². The monoisotopic (exact) mass is 376 g/mol. The van der Waals surface area contributed by atoms with Gasteiger partial charge in [-0.25, -0.2) is 4.39 Å². The molecule has 1 aromatic carbocycles. The number of nitrogens with zero attached hydrogens (tertiary/aromatic N) is 1. The van der Waals surface area contributed by atoms with E-state index >= 15 is 0 Å². The van der Waals surface area contributed by atoms with Gasteiger partial charge in [0.2, 0.25) is 0 Å². The van der Waals surface area contributed by atoms with Crippen molar-refractivity contribution in [3.63, 3.8) is 0 Å². The molecule has 0 fully saturated rings. The third-order valence-corrected chi connectivity index (χ3v) is 4.81. The highest BCUT2D eigenvalue weighted by molar-refractivity contribution is 9.10. The summed E-state index contributed by atoms with van der Waals surface area (Å²) >= 11 is 3.05. The second kappa shape index (κ2) is 6.12. The molecule has 2 rings (SSSR count). The van der Waals surface area contributed by atoms with Crippen LogP contribution in [-0.2, 0) is 16.6 Å². The van der Waals surface area contributed by atoms with Crippen molar-refractivity contribution in [3.05, 3.63) is 39.7 Å². The molecule has 6 nitrogen and oxygen atoms in total. The topological polar surface area (TPSA) is 86.9 Å². The minimum absolute atomic E-state index is 0.0421. The Morgan fingerprint density at radius 2 is 2.14 bits per heavy atom. The molecular formula is C12H14BrFN4O2S. The minimum Gasteiger partial charge on any atom is -0.316 e. The van der Waals surface area contributed by atoms with E-state index in [-0.39, 0.29) is 15.2 Å². The highest BCUT2D eigenvalue weighted by Gasteiger charge is 2.21. The molecule has 0 spiro atoms. The molecule has 9 heteroatoms. The lowest BCUT2D eigenvalue weighted by atomic mass is 10.2. The first-order chi connectivity index (χ1) is 9.85. The zero-order chi connectivity index (χ0) is 15.6. The van der Waals surface area contributed by atoms with E-state index in [1.54, 1.807) is 14.0 Å². The van der Waals surface area contributed by atoms with Crippen LogP contribution >= 0.6 is 15.9 Å². The molecule has 3 N–H and O–H groups in total. The van der Waals surface area contributed by atoms with Gasteiger partial charge >= 0.3 is 0 Å². The fraction of sp³-hybridized carbons (Fsp3) is 0.250. The number of anilines is 1. The molecule has 2 aromatic rings.